The normalized spacial score (nSPS) is 18.5. The van der Waals surface area contributed by atoms with Gasteiger partial charge in [-0.25, -0.2) is 0 Å². The summed E-state index contributed by atoms with van der Waals surface area (Å²) >= 11 is 0. The van der Waals surface area contributed by atoms with Gasteiger partial charge in [0.15, 0.2) is 0 Å². The number of phenols is 1. The maximum absolute atomic E-state index is 9.77. The molecule has 2 N–H and O–H groups in total. The maximum Gasteiger partial charge on any atom is 0.120 e. The van der Waals surface area contributed by atoms with Crippen molar-refractivity contribution >= 4 is 0 Å². The Morgan fingerprint density at radius 1 is 1.35 bits per heavy atom. The van der Waals surface area contributed by atoms with Gasteiger partial charge in [0.1, 0.15) is 5.75 Å². The number of nitrogens with one attached hydrogen (secondary N) is 1. The van der Waals surface area contributed by atoms with E-state index < -0.39 is 0 Å². The minimum absolute atomic E-state index is 0.404. The van der Waals surface area contributed by atoms with Crippen LogP contribution in [0.1, 0.15) is 43.7 Å². The van der Waals surface area contributed by atoms with Crippen molar-refractivity contribution in [2.24, 2.45) is 5.92 Å². The summed E-state index contributed by atoms with van der Waals surface area (Å²) in [4.78, 5) is 0. The molecule has 0 aromatic heterocycles. The molecule has 94 valence electrons. The molecule has 1 fully saturated rings. The van der Waals surface area contributed by atoms with Gasteiger partial charge in [-0.2, -0.15) is 0 Å². The molecule has 0 spiro atoms. The van der Waals surface area contributed by atoms with Crippen LogP contribution in [-0.2, 0) is 6.54 Å². The second kappa shape index (κ2) is 5.54. The van der Waals surface area contributed by atoms with E-state index in [-0.39, 0.29) is 0 Å². The van der Waals surface area contributed by atoms with E-state index in [1.807, 2.05) is 6.07 Å². The van der Waals surface area contributed by atoms with Crippen LogP contribution in [0.25, 0.3) is 0 Å². The number of rotatable bonds is 4. The van der Waals surface area contributed by atoms with Gasteiger partial charge >= 0.3 is 0 Å². The number of hydrogen-bond acceptors (Lipinski definition) is 2. The van der Waals surface area contributed by atoms with Gasteiger partial charge in [-0.05, 0) is 38.7 Å². The molecule has 1 aliphatic rings. The molecular weight excluding hydrogens is 210 g/mol. The molecule has 0 unspecified atom stereocenters. The van der Waals surface area contributed by atoms with Crippen molar-refractivity contribution in [2.45, 2.75) is 52.1 Å². The highest BCUT2D eigenvalue weighted by Gasteiger charge is 2.21. The molecule has 0 amide bonds. The van der Waals surface area contributed by atoms with Crippen LogP contribution < -0.4 is 5.32 Å². The molecule has 1 saturated carbocycles. The van der Waals surface area contributed by atoms with E-state index >= 15 is 0 Å². The zero-order chi connectivity index (χ0) is 12.3. The standard InChI is InChI=1S/C15H23NO/c1-11-7-8-15(17)14(9-11)10-16-12(2)13-5-3-4-6-13/h7-9,12-13,16-17H,3-6,10H2,1-2H3/t12-/m1/s1. The highest BCUT2D eigenvalue weighted by molar-refractivity contribution is 5.35. The van der Waals surface area contributed by atoms with Crippen LogP contribution in [0.3, 0.4) is 0 Å². The molecule has 17 heavy (non-hydrogen) atoms. The topological polar surface area (TPSA) is 32.3 Å². The molecule has 2 heteroatoms. The summed E-state index contributed by atoms with van der Waals surface area (Å²) in [6, 6.07) is 6.34. The van der Waals surface area contributed by atoms with E-state index in [4.69, 9.17) is 0 Å². The molecule has 1 aliphatic carbocycles. The molecule has 0 heterocycles. The number of benzene rings is 1. The predicted molar refractivity (Wildman–Crippen MR) is 71.1 cm³/mol. The summed E-state index contributed by atoms with van der Waals surface area (Å²) < 4.78 is 0. The average Bonchev–Trinajstić information content (AvgIpc) is 2.83. The Morgan fingerprint density at radius 2 is 2.06 bits per heavy atom. The van der Waals surface area contributed by atoms with E-state index in [0.29, 0.717) is 11.8 Å². The minimum Gasteiger partial charge on any atom is -0.508 e. The highest BCUT2D eigenvalue weighted by atomic mass is 16.3. The maximum atomic E-state index is 9.77. The van der Waals surface area contributed by atoms with Crippen LogP contribution in [0.5, 0.6) is 5.75 Å². The largest absolute Gasteiger partial charge is 0.508 e. The number of phenolic OH excluding ortho intramolecular Hbond substituents is 1. The van der Waals surface area contributed by atoms with Crippen molar-refractivity contribution in [3.63, 3.8) is 0 Å². The van der Waals surface area contributed by atoms with Crippen LogP contribution in [0.4, 0.5) is 0 Å². The van der Waals surface area contributed by atoms with Crippen molar-refractivity contribution in [1.82, 2.24) is 5.32 Å². The first kappa shape index (κ1) is 12.4. The SMILES string of the molecule is Cc1ccc(O)c(CN[C@H](C)C2CCCC2)c1. The van der Waals surface area contributed by atoms with E-state index in [1.54, 1.807) is 6.07 Å². The Morgan fingerprint density at radius 3 is 2.76 bits per heavy atom. The molecule has 1 atom stereocenters. The lowest BCUT2D eigenvalue weighted by atomic mass is 9.99. The molecule has 0 saturated heterocycles. The Hall–Kier alpha value is -1.02. The van der Waals surface area contributed by atoms with E-state index in [1.165, 1.54) is 31.2 Å². The second-order valence-electron chi connectivity index (χ2n) is 5.35. The molecule has 2 nitrogen and oxygen atoms in total. The van der Waals surface area contributed by atoms with Crippen molar-refractivity contribution in [3.8, 4) is 5.75 Å². The van der Waals surface area contributed by atoms with Crippen LogP contribution in [0.2, 0.25) is 0 Å². The lowest BCUT2D eigenvalue weighted by Crippen LogP contribution is -2.31. The molecule has 2 rings (SSSR count). The predicted octanol–water partition coefficient (Wildman–Crippen LogP) is 3.37. The monoisotopic (exact) mass is 233 g/mol. The van der Waals surface area contributed by atoms with Crippen molar-refractivity contribution in [2.75, 3.05) is 0 Å². The van der Waals surface area contributed by atoms with Crippen molar-refractivity contribution in [3.05, 3.63) is 29.3 Å². The lowest BCUT2D eigenvalue weighted by Gasteiger charge is -2.20. The van der Waals surface area contributed by atoms with Crippen LogP contribution in [0, 0.1) is 12.8 Å². The van der Waals surface area contributed by atoms with Gasteiger partial charge in [0.05, 0.1) is 0 Å². The van der Waals surface area contributed by atoms with Gasteiger partial charge in [-0.15, -0.1) is 0 Å². The molecule has 0 radical (unpaired) electrons. The second-order valence-corrected chi connectivity index (χ2v) is 5.35. The fraction of sp³-hybridized carbons (Fsp3) is 0.600. The average molecular weight is 233 g/mol. The van der Waals surface area contributed by atoms with Crippen LogP contribution in [0.15, 0.2) is 18.2 Å². The Bertz CT molecular complexity index is 369. The quantitative estimate of drug-likeness (QED) is 0.835. The molecule has 1 aromatic carbocycles. The van der Waals surface area contributed by atoms with Gasteiger partial charge in [0, 0.05) is 18.2 Å². The third-order valence-electron chi connectivity index (χ3n) is 3.96. The van der Waals surface area contributed by atoms with Crippen molar-refractivity contribution in [1.29, 1.82) is 0 Å². The Kier molecular flexibility index (Phi) is 4.06. The van der Waals surface area contributed by atoms with Crippen molar-refractivity contribution < 1.29 is 5.11 Å². The third-order valence-corrected chi connectivity index (χ3v) is 3.96. The van der Waals surface area contributed by atoms with E-state index in [0.717, 1.165) is 18.0 Å². The number of aromatic hydroxyl groups is 1. The lowest BCUT2D eigenvalue weighted by molar-refractivity contribution is 0.376. The van der Waals surface area contributed by atoms with Gasteiger partial charge in [0.2, 0.25) is 0 Å². The first-order valence-electron chi connectivity index (χ1n) is 6.68. The highest BCUT2D eigenvalue weighted by Crippen LogP contribution is 2.28. The first-order valence-corrected chi connectivity index (χ1v) is 6.68. The van der Waals surface area contributed by atoms with Gasteiger partial charge in [-0.1, -0.05) is 30.5 Å². The first-order chi connectivity index (χ1) is 8.16. The number of aryl methyl sites for hydroxylation is 1. The van der Waals surface area contributed by atoms with E-state index in [9.17, 15) is 5.11 Å². The van der Waals surface area contributed by atoms with Gasteiger partial charge in [-0.3, -0.25) is 0 Å². The Balaban J connectivity index is 1.90. The summed E-state index contributed by atoms with van der Waals surface area (Å²) in [7, 11) is 0. The van der Waals surface area contributed by atoms with E-state index in [2.05, 4.69) is 25.2 Å². The minimum atomic E-state index is 0.404. The summed E-state index contributed by atoms with van der Waals surface area (Å²) in [5, 5.41) is 13.3. The summed E-state index contributed by atoms with van der Waals surface area (Å²) in [5.41, 5.74) is 2.21. The van der Waals surface area contributed by atoms with Crippen LogP contribution in [-0.4, -0.2) is 11.1 Å². The van der Waals surface area contributed by atoms with Crippen LogP contribution >= 0.6 is 0 Å². The number of hydrogen-bond donors (Lipinski definition) is 2. The molecule has 0 aliphatic heterocycles. The van der Waals surface area contributed by atoms with Gasteiger partial charge < -0.3 is 10.4 Å². The zero-order valence-corrected chi connectivity index (χ0v) is 10.9. The van der Waals surface area contributed by atoms with Gasteiger partial charge in [0.25, 0.3) is 0 Å². The zero-order valence-electron chi connectivity index (χ0n) is 10.9. The molecular formula is C15H23NO. The summed E-state index contributed by atoms with van der Waals surface area (Å²) in [6.07, 6.45) is 5.47. The molecule has 0 bridgehead atoms. The Labute approximate surface area is 104 Å². The summed E-state index contributed by atoms with van der Waals surface area (Å²) in [6.45, 7) is 5.09. The fourth-order valence-electron chi connectivity index (χ4n) is 2.75. The summed E-state index contributed by atoms with van der Waals surface area (Å²) in [5.74, 6) is 1.23. The fourth-order valence-corrected chi connectivity index (χ4v) is 2.75. The molecule has 1 aromatic rings. The third kappa shape index (κ3) is 3.22. The smallest absolute Gasteiger partial charge is 0.120 e.